The van der Waals surface area contributed by atoms with Gasteiger partial charge in [-0.05, 0) is 68.7 Å². The molecule has 2 rings (SSSR count). The molecule has 0 spiro atoms. The van der Waals surface area contributed by atoms with E-state index in [1.165, 1.54) is 32.4 Å². The molecule has 0 amide bonds. The molecule has 1 unspecified atom stereocenters. The van der Waals surface area contributed by atoms with Crippen LogP contribution < -0.4 is 5.32 Å². The van der Waals surface area contributed by atoms with Gasteiger partial charge in [-0.15, -0.1) is 5.10 Å². The molecule has 0 radical (unpaired) electrons. The largest absolute Gasteiger partial charge is 0.307 e. The Kier molecular flexibility index (Phi) is 5.80. The van der Waals surface area contributed by atoms with Crippen LogP contribution >= 0.6 is 15.9 Å². The standard InChI is InChI=1S/C15H28BrN5/c1-5-9-17-13(12-14(16)18-19-20(12)4)15(2,3)21-10-7-6-8-11-21/h13,17H,5-11H2,1-4H3. The summed E-state index contributed by atoms with van der Waals surface area (Å²) < 4.78 is 2.74. The van der Waals surface area contributed by atoms with Crippen LogP contribution in [-0.2, 0) is 7.05 Å². The van der Waals surface area contributed by atoms with Gasteiger partial charge in [-0.25, -0.2) is 4.68 Å². The van der Waals surface area contributed by atoms with Crippen molar-refractivity contribution in [3.63, 3.8) is 0 Å². The SMILES string of the molecule is CCCNC(c1c(Br)nnn1C)C(C)(C)N1CCCCC1. The van der Waals surface area contributed by atoms with Crippen LogP contribution in [0.15, 0.2) is 4.60 Å². The third kappa shape index (κ3) is 3.66. The molecule has 1 N–H and O–H groups in total. The Labute approximate surface area is 136 Å². The normalized spacial score (nSPS) is 18.9. The Morgan fingerprint density at radius 1 is 1.29 bits per heavy atom. The lowest BCUT2D eigenvalue weighted by molar-refractivity contribution is 0.0580. The van der Waals surface area contributed by atoms with Gasteiger partial charge in [0.1, 0.15) is 0 Å². The van der Waals surface area contributed by atoms with E-state index in [2.05, 4.69) is 57.2 Å². The van der Waals surface area contributed by atoms with Gasteiger partial charge in [0.25, 0.3) is 0 Å². The molecule has 120 valence electrons. The summed E-state index contributed by atoms with van der Waals surface area (Å²) >= 11 is 3.57. The van der Waals surface area contributed by atoms with Crippen LogP contribution in [0.5, 0.6) is 0 Å². The molecule has 5 nitrogen and oxygen atoms in total. The minimum atomic E-state index is 0.0353. The number of nitrogens with one attached hydrogen (secondary N) is 1. The van der Waals surface area contributed by atoms with E-state index in [0.29, 0.717) is 0 Å². The van der Waals surface area contributed by atoms with Crippen LogP contribution in [0.2, 0.25) is 0 Å². The number of halogens is 1. The number of hydrogen-bond acceptors (Lipinski definition) is 4. The summed E-state index contributed by atoms with van der Waals surface area (Å²) in [6, 6.07) is 0.213. The van der Waals surface area contributed by atoms with E-state index in [1.54, 1.807) is 0 Å². The molecule has 1 atom stereocenters. The molecule has 0 aromatic carbocycles. The highest BCUT2D eigenvalue weighted by Crippen LogP contribution is 2.35. The van der Waals surface area contributed by atoms with Crippen LogP contribution in [-0.4, -0.2) is 45.1 Å². The van der Waals surface area contributed by atoms with Crippen molar-refractivity contribution in [2.45, 2.75) is 58.0 Å². The van der Waals surface area contributed by atoms with Gasteiger partial charge in [-0.2, -0.15) is 0 Å². The molecule has 0 saturated carbocycles. The van der Waals surface area contributed by atoms with Gasteiger partial charge in [-0.1, -0.05) is 18.6 Å². The molecule has 1 aromatic heterocycles. The summed E-state index contributed by atoms with van der Waals surface area (Å²) in [5, 5.41) is 12.1. The summed E-state index contributed by atoms with van der Waals surface area (Å²) in [6.07, 6.45) is 5.08. The number of aromatic nitrogens is 3. The maximum absolute atomic E-state index is 4.17. The maximum atomic E-state index is 4.17. The van der Waals surface area contributed by atoms with Crippen molar-refractivity contribution < 1.29 is 0 Å². The number of piperidine rings is 1. The fraction of sp³-hybridized carbons (Fsp3) is 0.867. The molecule has 1 fully saturated rings. The Morgan fingerprint density at radius 2 is 1.95 bits per heavy atom. The number of nitrogens with zero attached hydrogens (tertiary/aromatic N) is 4. The second-order valence-electron chi connectivity index (χ2n) is 6.48. The molecule has 1 aromatic rings. The Morgan fingerprint density at radius 3 is 2.48 bits per heavy atom. The summed E-state index contributed by atoms with van der Waals surface area (Å²) in [6.45, 7) is 10.2. The molecule has 2 heterocycles. The molecule has 21 heavy (non-hydrogen) atoms. The smallest absolute Gasteiger partial charge is 0.153 e. The van der Waals surface area contributed by atoms with Gasteiger partial charge in [0.05, 0.1) is 11.7 Å². The summed E-state index contributed by atoms with van der Waals surface area (Å²) in [5.41, 5.74) is 1.17. The second-order valence-corrected chi connectivity index (χ2v) is 7.23. The van der Waals surface area contributed by atoms with Crippen molar-refractivity contribution in [2.75, 3.05) is 19.6 Å². The average molecular weight is 358 g/mol. The third-order valence-electron chi connectivity index (χ3n) is 4.58. The lowest BCUT2D eigenvalue weighted by Crippen LogP contribution is -2.55. The van der Waals surface area contributed by atoms with E-state index in [1.807, 2.05) is 11.7 Å². The highest BCUT2D eigenvalue weighted by Gasteiger charge is 2.39. The first kappa shape index (κ1) is 16.9. The highest BCUT2D eigenvalue weighted by atomic mass is 79.9. The summed E-state index contributed by atoms with van der Waals surface area (Å²) in [5.74, 6) is 0. The predicted molar refractivity (Wildman–Crippen MR) is 89.2 cm³/mol. The van der Waals surface area contributed by atoms with E-state index in [-0.39, 0.29) is 11.6 Å². The van der Waals surface area contributed by atoms with Crippen LogP contribution in [0.4, 0.5) is 0 Å². The van der Waals surface area contributed by atoms with Crippen LogP contribution in [0.3, 0.4) is 0 Å². The van der Waals surface area contributed by atoms with E-state index < -0.39 is 0 Å². The van der Waals surface area contributed by atoms with Crippen molar-refractivity contribution >= 4 is 15.9 Å². The molecule has 0 aliphatic carbocycles. The number of aryl methyl sites for hydroxylation is 1. The number of hydrogen-bond donors (Lipinski definition) is 1. The number of rotatable bonds is 6. The molecule has 1 aliphatic heterocycles. The molecule has 6 heteroatoms. The first-order chi connectivity index (χ1) is 9.98. The van der Waals surface area contributed by atoms with E-state index in [4.69, 9.17) is 0 Å². The van der Waals surface area contributed by atoms with Gasteiger partial charge < -0.3 is 5.32 Å². The van der Waals surface area contributed by atoms with Gasteiger partial charge in [0.15, 0.2) is 4.60 Å². The van der Waals surface area contributed by atoms with Crippen LogP contribution in [0, 0.1) is 0 Å². The van der Waals surface area contributed by atoms with E-state index in [0.717, 1.165) is 23.3 Å². The monoisotopic (exact) mass is 357 g/mol. The van der Waals surface area contributed by atoms with E-state index >= 15 is 0 Å². The summed E-state index contributed by atoms with van der Waals surface area (Å²) in [4.78, 5) is 2.61. The predicted octanol–water partition coefficient (Wildman–Crippen LogP) is 2.88. The Hall–Kier alpha value is -0.460. The first-order valence-corrected chi connectivity index (χ1v) is 8.81. The fourth-order valence-corrected chi connectivity index (χ4v) is 3.82. The van der Waals surface area contributed by atoms with Crippen LogP contribution in [0.25, 0.3) is 0 Å². The zero-order chi connectivity index (χ0) is 15.5. The zero-order valence-corrected chi connectivity index (χ0v) is 15.3. The zero-order valence-electron chi connectivity index (χ0n) is 13.7. The van der Waals surface area contributed by atoms with Crippen molar-refractivity contribution in [3.8, 4) is 0 Å². The lowest BCUT2D eigenvalue weighted by atomic mass is 9.88. The molecule has 1 saturated heterocycles. The lowest BCUT2D eigenvalue weighted by Gasteiger charge is -2.46. The molecule has 1 aliphatic rings. The Bertz CT molecular complexity index is 431. The van der Waals surface area contributed by atoms with Gasteiger partial charge in [0, 0.05) is 12.6 Å². The van der Waals surface area contributed by atoms with E-state index in [9.17, 15) is 0 Å². The quantitative estimate of drug-likeness (QED) is 0.850. The van der Waals surface area contributed by atoms with Crippen LogP contribution in [0.1, 0.15) is 58.2 Å². The van der Waals surface area contributed by atoms with Crippen molar-refractivity contribution in [1.29, 1.82) is 0 Å². The molecular weight excluding hydrogens is 330 g/mol. The third-order valence-corrected chi connectivity index (χ3v) is 5.14. The minimum absolute atomic E-state index is 0.0353. The second kappa shape index (κ2) is 7.20. The van der Waals surface area contributed by atoms with Crippen molar-refractivity contribution in [1.82, 2.24) is 25.2 Å². The fourth-order valence-electron chi connectivity index (χ4n) is 3.27. The van der Waals surface area contributed by atoms with Crippen molar-refractivity contribution in [2.24, 2.45) is 7.05 Å². The highest BCUT2D eigenvalue weighted by molar-refractivity contribution is 9.10. The van der Waals surface area contributed by atoms with Gasteiger partial charge in [0.2, 0.25) is 0 Å². The van der Waals surface area contributed by atoms with Gasteiger partial charge in [-0.3, -0.25) is 4.90 Å². The van der Waals surface area contributed by atoms with Gasteiger partial charge >= 0.3 is 0 Å². The minimum Gasteiger partial charge on any atom is -0.307 e. The first-order valence-electron chi connectivity index (χ1n) is 8.02. The topological polar surface area (TPSA) is 46.0 Å². The number of likely N-dealkylation sites (tertiary alicyclic amines) is 1. The average Bonchev–Trinajstić information content (AvgIpc) is 2.80. The summed E-state index contributed by atoms with van der Waals surface area (Å²) in [7, 11) is 1.97. The van der Waals surface area contributed by atoms with Crippen molar-refractivity contribution in [3.05, 3.63) is 10.3 Å². The maximum Gasteiger partial charge on any atom is 0.153 e. The Balaban J connectivity index is 2.29. The molecule has 0 bridgehead atoms. The molecular formula is C15H28BrN5.